The molecule has 78 valence electrons. The minimum absolute atomic E-state index is 0.170. The van der Waals surface area contributed by atoms with Crippen LogP contribution in [0.2, 0.25) is 5.15 Å². The van der Waals surface area contributed by atoms with Crippen molar-refractivity contribution in [2.45, 2.75) is 0 Å². The SMILES string of the molecule is COc1nc(N)n(-c2ccc(Cl)nn2)n1. The number of rotatable bonds is 2. The molecule has 8 heteroatoms. The van der Waals surface area contributed by atoms with E-state index < -0.39 is 0 Å². The first-order valence-corrected chi connectivity index (χ1v) is 4.34. The van der Waals surface area contributed by atoms with Gasteiger partial charge in [-0.3, -0.25) is 0 Å². The number of halogens is 1. The van der Waals surface area contributed by atoms with Gasteiger partial charge in [-0.15, -0.1) is 15.3 Å². The van der Waals surface area contributed by atoms with Gasteiger partial charge in [-0.05, 0) is 12.1 Å². The largest absolute Gasteiger partial charge is 0.466 e. The van der Waals surface area contributed by atoms with Gasteiger partial charge in [-0.25, -0.2) is 0 Å². The number of ether oxygens (including phenoxy) is 1. The molecule has 0 atom stereocenters. The van der Waals surface area contributed by atoms with Crippen molar-refractivity contribution in [2.75, 3.05) is 12.8 Å². The topological polar surface area (TPSA) is 91.7 Å². The molecule has 0 aliphatic heterocycles. The molecule has 0 bridgehead atoms. The fourth-order valence-electron chi connectivity index (χ4n) is 0.981. The van der Waals surface area contributed by atoms with Gasteiger partial charge in [0.2, 0.25) is 5.95 Å². The van der Waals surface area contributed by atoms with Gasteiger partial charge in [-0.2, -0.15) is 9.67 Å². The zero-order valence-electron chi connectivity index (χ0n) is 7.75. The lowest BCUT2D eigenvalue weighted by atomic mass is 10.5. The van der Waals surface area contributed by atoms with Crippen LogP contribution in [-0.2, 0) is 0 Å². The van der Waals surface area contributed by atoms with Gasteiger partial charge in [0, 0.05) is 0 Å². The van der Waals surface area contributed by atoms with Gasteiger partial charge < -0.3 is 10.5 Å². The van der Waals surface area contributed by atoms with Crippen molar-refractivity contribution < 1.29 is 4.74 Å². The minimum Gasteiger partial charge on any atom is -0.466 e. The molecule has 0 aliphatic rings. The number of hydrogen-bond acceptors (Lipinski definition) is 6. The molecule has 0 radical (unpaired) electrons. The fourth-order valence-corrected chi connectivity index (χ4v) is 1.08. The van der Waals surface area contributed by atoms with E-state index in [1.807, 2.05) is 0 Å². The molecule has 0 aromatic carbocycles. The number of aromatic nitrogens is 5. The van der Waals surface area contributed by atoms with Crippen LogP contribution in [0.5, 0.6) is 6.01 Å². The molecule has 0 fully saturated rings. The molecule has 2 heterocycles. The lowest BCUT2D eigenvalue weighted by Crippen LogP contribution is -2.05. The number of anilines is 1. The van der Waals surface area contributed by atoms with E-state index in [0.29, 0.717) is 11.0 Å². The molecule has 0 saturated carbocycles. The minimum atomic E-state index is 0.170. The summed E-state index contributed by atoms with van der Waals surface area (Å²) in [5.41, 5.74) is 5.60. The van der Waals surface area contributed by atoms with Crippen molar-refractivity contribution in [3.05, 3.63) is 17.3 Å². The van der Waals surface area contributed by atoms with E-state index in [2.05, 4.69) is 20.3 Å². The highest BCUT2D eigenvalue weighted by molar-refractivity contribution is 6.29. The second kappa shape index (κ2) is 3.70. The summed E-state index contributed by atoms with van der Waals surface area (Å²) >= 11 is 5.60. The Balaban J connectivity index is 2.44. The Bertz CT molecular complexity index is 467. The molecule has 2 rings (SSSR count). The smallest absolute Gasteiger partial charge is 0.337 e. The van der Waals surface area contributed by atoms with Gasteiger partial charge in [-0.1, -0.05) is 11.6 Å². The second-order valence-corrected chi connectivity index (χ2v) is 2.97. The average Bonchev–Trinajstić information content (AvgIpc) is 2.61. The van der Waals surface area contributed by atoms with E-state index in [1.165, 1.54) is 11.8 Å². The molecule has 0 spiro atoms. The summed E-state index contributed by atoms with van der Waals surface area (Å²) in [5.74, 6) is 0.594. The van der Waals surface area contributed by atoms with E-state index in [9.17, 15) is 0 Å². The summed E-state index contributed by atoms with van der Waals surface area (Å²) in [6.45, 7) is 0. The summed E-state index contributed by atoms with van der Waals surface area (Å²) in [6, 6.07) is 3.38. The van der Waals surface area contributed by atoms with Crippen LogP contribution < -0.4 is 10.5 Å². The molecule has 0 unspecified atom stereocenters. The van der Waals surface area contributed by atoms with Crippen molar-refractivity contribution in [2.24, 2.45) is 0 Å². The fraction of sp³-hybridized carbons (Fsp3) is 0.143. The highest BCUT2D eigenvalue weighted by Crippen LogP contribution is 2.12. The third kappa shape index (κ3) is 1.82. The lowest BCUT2D eigenvalue weighted by Gasteiger charge is -1.98. The first-order chi connectivity index (χ1) is 7.20. The van der Waals surface area contributed by atoms with Crippen molar-refractivity contribution in [3.8, 4) is 11.8 Å². The second-order valence-electron chi connectivity index (χ2n) is 2.58. The molecule has 2 aromatic rings. The Morgan fingerprint density at radius 2 is 2.20 bits per heavy atom. The van der Waals surface area contributed by atoms with Gasteiger partial charge in [0.25, 0.3) is 0 Å². The standard InChI is InChI=1S/C7H7ClN6O/c1-15-7-10-6(9)14(13-7)5-3-2-4(8)11-12-5/h2-3H,1H3,(H2,9,10,13). The molecular formula is C7H7ClN6O. The van der Waals surface area contributed by atoms with E-state index >= 15 is 0 Å². The van der Waals surface area contributed by atoms with Crippen molar-refractivity contribution in [1.82, 2.24) is 25.0 Å². The highest BCUT2D eigenvalue weighted by atomic mass is 35.5. The van der Waals surface area contributed by atoms with E-state index in [0.717, 1.165) is 0 Å². The van der Waals surface area contributed by atoms with E-state index in [-0.39, 0.29) is 12.0 Å². The Morgan fingerprint density at radius 3 is 2.73 bits per heavy atom. The third-order valence-electron chi connectivity index (χ3n) is 1.63. The van der Waals surface area contributed by atoms with Crippen LogP contribution >= 0.6 is 11.6 Å². The van der Waals surface area contributed by atoms with Crippen LogP contribution in [0.25, 0.3) is 5.82 Å². The lowest BCUT2D eigenvalue weighted by molar-refractivity contribution is 0.379. The Morgan fingerprint density at radius 1 is 1.40 bits per heavy atom. The third-order valence-corrected chi connectivity index (χ3v) is 1.83. The zero-order valence-corrected chi connectivity index (χ0v) is 8.51. The summed E-state index contributed by atoms with van der Waals surface area (Å²) in [4.78, 5) is 3.83. The maximum absolute atomic E-state index is 5.60. The van der Waals surface area contributed by atoms with Gasteiger partial charge in [0.05, 0.1) is 7.11 Å². The van der Waals surface area contributed by atoms with Crippen LogP contribution in [0.15, 0.2) is 12.1 Å². The molecule has 0 saturated heterocycles. The molecule has 15 heavy (non-hydrogen) atoms. The summed E-state index contributed by atoms with van der Waals surface area (Å²) in [6.07, 6.45) is 0. The first kappa shape index (κ1) is 9.66. The van der Waals surface area contributed by atoms with Gasteiger partial charge >= 0.3 is 6.01 Å². The predicted molar refractivity (Wildman–Crippen MR) is 52.9 cm³/mol. The van der Waals surface area contributed by atoms with Gasteiger partial charge in [0.15, 0.2) is 11.0 Å². The number of methoxy groups -OCH3 is 1. The van der Waals surface area contributed by atoms with Gasteiger partial charge in [0.1, 0.15) is 0 Å². The Hall–Kier alpha value is -1.89. The number of nitrogen functional groups attached to an aromatic ring is 1. The maximum Gasteiger partial charge on any atom is 0.337 e. The predicted octanol–water partition coefficient (Wildman–Crippen LogP) is 0.301. The summed E-state index contributed by atoms with van der Waals surface area (Å²) in [7, 11) is 1.45. The first-order valence-electron chi connectivity index (χ1n) is 3.97. The number of hydrogen-bond donors (Lipinski definition) is 1. The number of nitrogens with two attached hydrogens (primary N) is 1. The maximum atomic E-state index is 5.60. The zero-order chi connectivity index (χ0) is 10.8. The monoisotopic (exact) mass is 226 g/mol. The van der Waals surface area contributed by atoms with E-state index in [1.54, 1.807) is 12.1 Å². The summed E-state index contributed by atoms with van der Waals surface area (Å²) in [5, 5.41) is 11.7. The summed E-state index contributed by atoms with van der Waals surface area (Å²) < 4.78 is 6.13. The molecular weight excluding hydrogens is 220 g/mol. The van der Waals surface area contributed by atoms with E-state index in [4.69, 9.17) is 22.1 Å². The highest BCUT2D eigenvalue weighted by Gasteiger charge is 2.09. The Kier molecular flexibility index (Phi) is 2.38. The number of nitrogens with zero attached hydrogens (tertiary/aromatic N) is 5. The van der Waals surface area contributed by atoms with Crippen LogP contribution in [0.1, 0.15) is 0 Å². The quantitative estimate of drug-likeness (QED) is 0.792. The van der Waals surface area contributed by atoms with Crippen LogP contribution in [0.3, 0.4) is 0 Å². The molecule has 0 amide bonds. The van der Waals surface area contributed by atoms with Crippen molar-refractivity contribution in [3.63, 3.8) is 0 Å². The van der Waals surface area contributed by atoms with Crippen LogP contribution in [0, 0.1) is 0 Å². The van der Waals surface area contributed by atoms with Crippen molar-refractivity contribution >= 4 is 17.5 Å². The molecule has 7 nitrogen and oxygen atoms in total. The molecule has 0 aliphatic carbocycles. The molecule has 2 aromatic heterocycles. The van der Waals surface area contributed by atoms with Crippen LogP contribution in [-0.4, -0.2) is 32.1 Å². The average molecular weight is 227 g/mol. The van der Waals surface area contributed by atoms with Crippen LogP contribution in [0.4, 0.5) is 5.95 Å². The Labute approximate surface area is 89.8 Å². The normalized spacial score (nSPS) is 10.3. The molecule has 2 N–H and O–H groups in total. The van der Waals surface area contributed by atoms with Crippen molar-refractivity contribution in [1.29, 1.82) is 0 Å².